The number of aromatic carboxylic acids is 2. The van der Waals surface area contributed by atoms with Crippen molar-refractivity contribution < 1.29 is 19.8 Å². The maximum Gasteiger partial charge on any atom is 0.335 e. The first kappa shape index (κ1) is 19.7. The normalized spacial score (nSPS) is 16.3. The molecule has 0 aromatic heterocycles. The first-order valence-corrected chi connectivity index (χ1v) is 9.32. The average Bonchev–Trinajstić information content (AvgIpc) is 2.65. The minimum absolute atomic E-state index is 0.125. The molecule has 2 aromatic carbocycles. The smallest absolute Gasteiger partial charge is 0.335 e. The second-order valence-corrected chi connectivity index (χ2v) is 7.19. The van der Waals surface area contributed by atoms with E-state index in [1.165, 1.54) is 12.1 Å². The predicted molar refractivity (Wildman–Crippen MR) is 117 cm³/mol. The van der Waals surface area contributed by atoms with Gasteiger partial charge in [0.1, 0.15) is 0 Å². The highest BCUT2D eigenvalue weighted by atomic mass is 127. The Kier molecular flexibility index (Phi) is 5.84. The van der Waals surface area contributed by atoms with E-state index >= 15 is 0 Å². The van der Waals surface area contributed by atoms with Crippen LogP contribution in [0, 0.1) is 6.92 Å². The molecular weight excluding hydrogens is 471 g/mol. The van der Waals surface area contributed by atoms with Crippen LogP contribution in [-0.4, -0.2) is 33.6 Å². The average molecular weight is 486 g/mol. The highest BCUT2D eigenvalue weighted by molar-refractivity contribution is 14.1. The molecule has 0 fully saturated rings. The molecule has 0 atom stereocenters. The number of halogens is 1. The third-order valence-corrected chi connectivity index (χ3v) is 4.82. The van der Waals surface area contributed by atoms with E-state index in [9.17, 15) is 19.8 Å². The molecule has 0 saturated heterocycles. The second kappa shape index (κ2) is 8.30. The van der Waals surface area contributed by atoms with Crippen molar-refractivity contribution in [2.24, 2.45) is 9.98 Å². The van der Waals surface area contributed by atoms with Crippen LogP contribution in [0.5, 0.6) is 0 Å². The van der Waals surface area contributed by atoms with Crippen molar-refractivity contribution in [1.29, 1.82) is 0 Å². The van der Waals surface area contributed by atoms with Gasteiger partial charge in [-0.3, -0.25) is 0 Å². The van der Waals surface area contributed by atoms with Crippen molar-refractivity contribution in [3.05, 3.63) is 81.0 Å². The summed E-state index contributed by atoms with van der Waals surface area (Å²) in [6, 6.07) is 11.6. The number of rotatable bonds is 4. The second-order valence-electron chi connectivity index (χ2n) is 6.02. The third kappa shape index (κ3) is 4.61. The summed E-state index contributed by atoms with van der Waals surface area (Å²) in [5.74, 6) is -2.41. The Labute approximate surface area is 174 Å². The summed E-state index contributed by atoms with van der Waals surface area (Å²) in [5, 5.41) is 18.4. The number of allylic oxidation sites excluding steroid dienone is 4. The van der Waals surface area contributed by atoms with Gasteiger partial charge in [-0.05, 0) is 77.6 Å². The number of aliphatic imine (C=N–C) groups is 2. The summed E-state index contributed by atoms with van der Waals surface area (Å²) in [5.41, 5.74) is 3.33. The minimum Gasteiger partial charge on any atom is -0.478 e. The van der Waals surface area contributed by atoms with Crippen LogP contribution in [0.25, 0.3) is 0 Å². The molecule has 6 nitrogen and oxygen atoms in total. The van der Waals surface area contributed by atoms with E-state index in [1.54, 1.807) is 6.08 Å². The van der Waals surface area contributed by atoms with E-state index in [0.29, 0.717) is 5.71 Å². The summed E-state index contributed by atoms with van der Waals surface area (Å²) in [7, 11) is 0. The van der Waals surface area contributed by atoms with Gasteiger partial charge >= 0.3 is 11.9 Å². The van der Waals surface area contributed by atoms with Crippen LogP contribution in [-0.2, 0) is 0 Å². The van der Waals surface area contributed by atoms with Gasteiger partial charge in [0.2, 0.25) is 0 Å². The molecular formula is C21H15IN2O4. The molecule has 1 aliphatic rings. The Morgan fingerprint density at radius 3 is 2.14 bits per heavy atom. The van der Waals surface area contributed by atoms with Crippen molar-refractivity contribution in [3.63, 3.8) is 0 Å². The van der Waals surface area contributed by atoms with Crippen LogP contribution in [0.2, 0.25) is 0 Å². The molecule has 2 aromatic rings. The molecule has 0 spiro atoms. The number of carboxylic acid groups (broad SMARTS) is 2. The van der Waals surface area contributed by atoms with Crippen molar-refractivity contribution in [2.45, 2.75) is 6.92 Å². The fourth-order valence-corrected chi connectivity index (χ4v) is 3.17. The number of carboxylic acids is 2. The molecule has 1 aliphatic carbocycles. The fourth-order valence-electron chi connectivity index (χ4n) is 2.55. The van der Waals surface area contributed by atoms with Crippen LogP contribution in [0.1, 0.15) is 26.3 Å². The molecule has 0 unspecified atom stereocenters. The van der Waals surface area contributed by atoms with Crippen LogP contribution in [0.15, 0.2) is 74.3 Å². The fraction of sp³-hybridized carbons (Fsp3) is 0.0476. The minimum atomic E-state index is -1.21. The SMILES string of the molecule is Cc1ccccc1/N=C1C=C/C(=N\c2cc(C(=O)O)cc(C(=O)O)c2)C=C/1I. The molecule has 140 valence electrons. The Morgan fingerprint density at radius 1 is 0.929 bits per heavy atom. The zero-order valence-corrected chi connectivity index (χ0v) is 16.9. The molecule has 0 amide bonds. The van der Waals surface area contributed by atoms with E-state index in [1.807, 2.05) is 43.3 Å². The quantitative estimate of drug-likeness (QED) is 0.463. The van der Waals surface area contributed by atoms with Crippen molar-refractivity contribution >= 4 is 57.3 Å². The Bertz CT molecular complexity index is 1070. The first-order valence-electron chi connectivity index (χ1n) is 8.24. The predicted octanol–water partition coefficient (Wildman–Crippen LogP) is 5.13. The zero-order chi connectivity index (χ0) is 20.3. The maximum atomic E-state index is 11.2. The van der Waals surface area contributed by atoms with E-state index < -0.39 is 11.9 Å². The van der Waals surface area contributed by atoms with E-state index in [-0.39, 0.29) is 16.8 Å². The highest BCUT2D eigenvalue weighted by Crippen LogP contribution is 2.24. The topological polar surface area (TPSA) is 99.3 Å². The monoisotopic (exact) mass is 486 g/mol. The van der Waals surface area contributed by atoms with Gasteiger partial charge in [0.25, 0.3) is 0 Å². The van der Waals surface area contributed by atoms with E-state index in [4.69, 9.17) is 0 Å². The number of carbonyl (C=O) groups is 2. The summed E-state index contributed by atoms with van der Waals surface area (Å²) in [6.45, 7) is 1.99. The molecule has 0 saturated carbocycles. The Balaban J connectivity index is 1.95. The zero-order valence-electron chi connectivity index (χ0n) is 14.8. The van der Waals surface area contributed by atoms with Gasteiger partial charge in [-0.25, -0.2) is 19.6 Å². The summed E-state index contributed by atoms with van der Waals surface area (Å²) < 4.78 is 0.870. The molecule has 7 heteroatoms. The lowest BCUT2D eigenvalue weighted by Crippen LogP contribution is -2.05. The highest BCUT2D eigenvalue weighted by Gasteiger charge is 2.13. The first-order chi connectivity index (χ1) is 13.3. The summed E-state index contributed by atoms with van der Waals surface area (Å²) in [4.78, 5) is 31.5. The molecule has 28 heavy (non-hydrogen) atoms. The molecule has 0 bridgehead atoms. The van der Waals surface area contributed by atoms with Gasteiger partial charge < -0.3 is 10.2 Å². The molecule has 0 heterocycles. The number of benzene rings is 2. The Morgan fingerprint density at radius 2 is 1.57 bits per heavy atom. The summed E-state index contributed by atoms with van der Waals surface area (Å²) in [6.07, 6.45) is 5.39. The van der Waals surface area contributed by atoms with Crippen molar-refractivity contribution in [2.75, 3.05) is 0 Å². The largest absolute Gasteiger partial charge is 0.478 e. The molecule has 0 aliphatic heterocycles. The van der Waals surface area contributed by atoms with E-state index in [0.717, 1.165) is 26.6 Å². The van der Waals surface area contributed by atoms with Gasteiger partial charge in [-0.15, -0.1) is 0 Å². The van der Waals surface area contributed by atoms with Crippen LogP contribution in [0.4, 0.5) is 11.4 Å². The Hall–Kier alpha value is -3.07. The lowest BCUT2D eigenvalue weighted by molar-refractivity contribution is 0.0696. The van der Waals surface area contributed by atoms with Gasteiger partial charge in [0.05, 0.1) is 33.9 Å². The lowest BCUT2D eigenvalue weighted by atomic mass is 10.1. The van der Waals surface area contributed by atoms with Gasteiger partial charge in [-0.1, -0.05) is 18.2 Å². The lowest BCUT2D eigenvalue weighted by Gasteiger charge is -2.09. The molecule has 0 radical (unpaired) electrons. The van der Waals surface area contributed by atoms with E-state index in [2.05, 4.69) is 32.6 Å². The maximum absolute atomic E-state index is 11.2. The number of aryl methyl sites for hydroxylation is 1. The number of hydrogen-bond acceptors (Lipinski definition) is 4. The third-order valence-electron chi connectivity index (χ3n) is 3.96. The van der Waals surface area contributed by atoms with Crippen molar-refractivity contribution in [3.8, 4) is 0 Å². The number of nitrogens with zero attached hydrogens (tertiary/aromatic N) is 2. The van der Waals surface area contributed by atoms with Crippen LogP contribution in [0.3, 0.4) is 0 Å². The number of para-hydroxylation sites is 1. The summed E-state index contributed by atoms with van der Waals surface area (Å²) >= 11 is 2.16. The van der Waals surface area contributed by atoms with Crippen molar-refractivity contribution in [1.82, 2.24) is 0 Å². The van der Waals surface area contributed by atoms with Gasteiger partial charge in [0.15, 0.2) is 0 Å². The number of hydrogen-bond donors (Lipinski definition) is 2. The standard InChI is InChI=1S/C21H15IN2O4/c1-12-4-2-3-5-18(12)24-19-7-6-15(11-17(19)22)23-16-9-13(20(25)26)8-14(10-16)21(27)28/h2-11H,1H3,(H,25,26)(H,27,28)/b23-15+,24-19-. The van der Waals surface area contributed by atoms with Crippen LogP contribution >= 0.6 is 22.6 Å². The molecule has 2 N–H and O–H groups in total. The van der Waals surface area contributed by atoms with Crippen LogP contribution < -0.4 is 0 Å². The van der Waals surface area contributed by atoms with Gasteiger partial charge in [-0.2, -0.15) is 0 Å². The molecule has 3 rings (SSSR count). The van der Waals surface area contributed by atoms with Gasteiger partial charge in [0, 0.05) is 3.58 Å².